The molecule has 0 aromatic rings. The van der Waals surface area contributed by atoms with Crippen molar-refractivity contribution in [3.8, 4) is 0 Å². The van der Waals surface area contributed by atoms with E-state index in [4.69, 9.17) is 10.5 Å². The third-order valence-corrected chi connectivity index (χ3v) is 2.91. The number of nitrogens with one attached hydrogen (secondary N) is 1. The first-order chi connectivity index (χ1) is 7.54. The summed E-state index contributed by atoms with van der Waals surface area (Å²) in [7, 11) is 4.00. The monoisotopic (exact) mass is 229 g/mol. The first kappa shape index (κ1) is 13.4. The molecule has 94 valence electrons. The van der Waals surface area contributed by atoms with Gasteiger partial charge in [0.25, 0.3) is 0 Å². The lowest BCUT2D eigenvalue weighted by Crippen LogP contribution is -2.58. The van der Waals surface area contributed by atoms with Gasteiger partial charge in [-0.15, -0.1) is 0 Å². The summed E-state index contributed by atoms with van der Waals surface area (Å²) in [6.07, 6.45) is 2.67. The Morgan fingerprint density at radius 3 is 2.62 bits per heavy atom. The number of carbonyl (C=O) groups is 1. The number of rotatable bonds is 7. The van der Waals surface area contributed by atoms with Crippen LogP contribution in [0.1, 0.15) is 19.3 Å². The summed E-state index contributed by atoms with van der Waals surface area (Å²) < 4.78 is 5.36. The van der Waals surface area contributed by atoms with E-state index in [1.54, 1.807) is 0 Å². The van der Waals surface area contributed by atoms with Gasteiger partial charge < -0.3 is 20.7 Å². The van der Waals surface area contributed by atoms with Crippen LogP contribution in [0, 0.1) is 0 Å². The van der Waals surface area contributed by atoms with Crippen LogP contribution in [0.2, 0.25) is 0 Å². The van der Waals surface area contributed by atoms with E-state index < -0.39 is 5.54 Å². The third kappa shape index (κ3) is 4.08. The molecule has 1 aliphatic carbocycles. The van der Waals surface area contributed by atoms with Crippen molar-refractivity contribution >= 4 is 5.91 Å². The van der Waals surface area contributed by atoms with Crippen molar-refractivity contribution in [2.75, 3.05) is 40.4 Å². The second kappa shape index (κ2) is 6.18. The lowest BCUT2D eigenvalue weighted by Gasteiger charge is -2.36. The van der Waals surface area contributed by atoms with E-state index in [0.29, 0.717) is 19.8 Å². The molecule has 0 bridgehead atoms. The maximum Gasteiger partial charge on any atom is 0.240 e. The molecular formula is C11H23N3O2. The summed E-state index contributed by atoms with van der Waals surface area (Å²) in [5.41, 5.74) is 5.27. The fourth-order valence-corrected chi connectivity index (χ4v) is 1.55. The largest absolute Gasteiger partial charge is 0.378 e. The minimum Gasteiger partial charge on any atom is -0.378 e. The normalized spacial score (nSPS) is 18.2. The smallest absolute Gasteiger partial charge is 0.240 e. The summed E-state index contributed by atoms with van der Waals surface area (Å²) >= 11 is 0. The summed E-state index contributed by atoms with van der Waals surface area (Å²) in [6.45, 7) is 2.69. The molecule has 0 aliphatic heterocycles. The highest BCUT2D eigenvalue weighted by Crippen LogP contribution is 2.28. The van der Waals surface area contributed by atoms with E-state index in [0.717, 1.165) is 25.8 Å². The van der Waals surface area contributed by atoms with Crippen molar-refractivity contribution in [2.24, 2.45) is 5.73 Å². The van der Waals surface area contributed by atoms with Gasteiger partial charge in [0.05, 0.1) is 18.8 Å². The van der Waals surface area contributed by atoms with Crippen LogP contribution in [-0.2, 0) is 9.53 Å². The number of nitrogens with zero attached hydrogens (tertiary/aromatic N) is 1. The zero-order chi connectivity index (χ0) is 12.0. The number of likely N-dealkylation sites (N-methyl/N-ethyl adjacent to an activating group) is 1. The zero-order valence-electron chi connectivity index (χ0n) is 10.3. The van der Waals surface area contributed by atoms with Crippen LogP contribution < -0.4 is 11.1 Å². The predicted molar refractivity (Wildman–Crippen MR) is 63.2 cm³/mol. The molecule has 0 unspecified atom stereocenters. The number of ether oxygens (including phenoxy) is 1. The molecule has 0 heterocycles. The summed E-state index contributed by atoms with van der Waals surface area (Å²) in [5.74, 6) is -0.0324. The van der Waals surface area contributed by atoms with Crippen LogP contribution in [0.3, 0.4) is 0 Å². The molecule has 1 fully saturated rings. The van der Waals surface area contributed by atoms with Gasteiger partial charge in [-0.05, 0) is 33.4 Å². The first-order valence-electron chi connectivity index (χ1n) is 5.84. The third-order valence-electron chi connectivity index (χ3n) is 2.91. The number of carbonyl (C=O) groups excluding carboxylic acids is 1. The molecule has 0 atom stereocenters. The topological polar surface area (TPSA) is 67.6 Å². The molecule has 0 radical (unpaired) electrons. The molecule has 0 spiro atoms. The Hall–Kier alpha value is -0.650. The van der Waals surface area contributed by atoms with E-state index in [-0.39, 0.29) is 5.91 Å². The zero-order valence-corrected chi connectivity index (χ0v) is 10.3. The Labute approximate surface area is 97.3 Å². The molecule has 5 nitrogen and oxygen atoms in total. The molecule has 16 heavy (non-hydrogen) atoms. The maximum atomic E-state index is 11.6. The number of nitrogens with two attached hydrogens (primary N) is 1. The molecule has 1 saturated carbocycles. The van der Waals surface area contributed by atoms with Crippen LogP contribution in [0.5, 0.6) is 0 Å². The van der Waals surface area contributed by atoms with Gasteiger partial charge in [-0.3, -0.25) is 4.79 Å². The lowest BCUT2D eigenvalue weighted by atomic mass is 9.77. The van der Waals surface area contributed by atoms with Gasteiger partial charge in [0.15, 0.2) is 0 Å². The standard InChI is InChI=1S/C11H23N3O2/c1-14(2)7-9-16-8-6-13-10(15)11(12)4-3-5-11/h3-9,12H2,1-2H3,(H,13,15). The van der Waals surface area contributed by atoms with E-state index in [9.17, 15) is 4.79 Å². The van der Waals surface area contributed by atoms with Gasteiger partial charge in [0.1, 0.15) is 0 Å². The number of hydrogen-bond donors (Lipinski definition) is 2. The first-order valence-corrected chi connectivity index (χ1v) is 5.84. The molecule has 5 heteroatoms. The summed E-state index contributed by atoms with van der Waals surface area (Å²) in [5, 5.41) is 2.81. The lowest BCUT2D eigenvalue weighted by molar-refractivity contribution is -0.129. The van der Waals surface area contributed by atoms with Crippen molar-refractivity contribution in [1.29, 1.82) is 0 Å². The molecule has 1 amide bonds. The molecule has 0 saturated heterocycles. The number of hydrogen-bond acceptors (Lipinski definition) is 4. The summed E-state index contributed by atoms with van der Waals surface area (Å²) in [6, 6.07) is 0. The SMILES string of the molecule is CN(C)CCOCCNC(=O)C1(N)CCC1. The molecule has 1 rings (SSSR count). The van der Waals surface area contributed by atoms with E-state index in [1.807, 2.05) is 14.1 Å². The van der Waals surface area contributed by atoms with Crippen LogP contribution in [-0.4, -0.2) is 56.7 Å². The van der Waals surface area contributed by atoms with E-state index in [1.165, 1.54) is 0 Å². The van der Waals surface area contributed by atoms with Crippen LogP contribution >= 0.6 is 0 Å². The fourth-order valence-electron chi connectivity index (χ4n) is 1.55. The van der Waals surface area contributed by atoms with Crippen molar-refractivity contribution in [2.45, 2.75) is 24.8 Å². The Morgan fingerprint density at radius 1 is 1.44 bits per heavy atom. The van der Waals surface area contributed by atoms with E-state index in [2.05, 4.69) is 10.2 Å². The molecule has 0 aromatic carbocycles. The Balaban J connectivity index is 1.97. The van der Waals surface area contributed by atoms with Crippen molar-refractivity contribution in [1.82, 2.24) is 10.2 Å². The fraction of sp³-hybridized carbons (Fsp3) is 0.909. The quantitative estimate of drug-likeness (QED) is 0.581. The molecule has 1 aliphatic rings. The van der Waals surface area contributed by atoms with Gasteiger partial charge in [-0.25, -0.2) is 0 Å². The second-order valence-corrected chi connectivity index (χ2v) is 4.68. The Kier molecular flexibility index (Phi) is 5.18. The van der Waals surface area contributed by atoms with Crippen molar-refractivity contribution < 1.29 is 9.53 Å². The number of amides is 1. The van der Waals surface area contributed by atoms with Crippen LogP contribution in [0.25, 0.3) is 0 Å². The van der Waals surface area contributed by atoms with Gasteiger partial charge >= 0.3 is 0 Å². The maximum absolute atomic E-state index is 11.6. The second-order valence-electron chi connectivity index (χ2n) is 4.68. The van der Waals surface area contributed by atoms with Gasteiger partial charge in [0, 0.05) is 13.1 Å². The minimum atomic E-state index is -0.594. The molecule has 3 N–H and O–H groups in total. The van der Waals surface area contributed by atoms with Crippen molar-refractivity contribution in [3.63, 3.8) is 0 Å². The highest BCUT2D eigenvalue weighted by Gasteiger charge is 2.39. The summed E-state index contributed by atoms with van der Waals surface area (Å²) in [4.78, 5) is 13.6. The van der Waals surface area contributed by atoms with Gasteiger partial charge in [-0.1, -0.05) is 0 Å². The van der Waals surface area contributed by atoms with Gasteiger partial charge in [-0.2, -0.15) is 0 Å². The predicted octanol–water partition coefficient (Wildman–Crippen LogP) is -0.438. The molecular weight excluding hydrogens is 206 g/mol. The van der Waals surface area contributed by atoms with Crippen molar-refractivity contribution in [3.05, 3.63) is 0 Å². The van der Waals surface area contributed by atoms with Crippen LogP contribution in [0.4, 0.5) is 0 Å². The Bertz CT molecular complexity index is 227. The Morgan fingerprint density at radius 2 is 2.12 bits per heavy atom. The molecule has 0 aromatic heterocycles. The van der Waals surface area contributed by atoms with Gasteiger partial charge in [0.2, 0.25) is 5.91 Å². The highest BCUT2D eigenvalue weighted by atomic mass is 16.5. The van der Waals surface area contributed by atoms with Crippen LogP contribution in [0.15, 0.2) is 0 Å². The minimum absolute atomic E-state index is 0.0324. The van der Waals surface area contributed by atoms with E-state index >= 15 is 0 Å². The highest BCUT2D eigenvalue weighted by molar-refractivity contribution is 5.86. The average molecular weight is 229 g/mol. The average Bonchev–Trinajstić information content (AvgIpc) is 2.18.